The van der Waals surface area contributed by atoms with Gasteiger partial charge in [-0.15, -0.1) is 0 Å². The predicted octanol–water partition coefficient (Wildman–Crippen LogP) is 3.47. The van der Waals surface area contributed by atoms with Crippen molar-refractivity contribution in [2.75, 3.05) is 11.9 Å². The lowest BCUT2D eigenvalue weighted by Crippen LogP contribution is -2.35. The van der Waals surface area contributed by atoms with Crippen LogP contribution >= 0.6 is 0 Å². The molecule has 3 heterocycles. The Hall–Kier alpha value is -2.77. The van der Waals surface area contributed by atoms with Crippen LogP contribution in [0, 0.1) is 0 Å². The number of carbonyl (C=O) groups excluding carboxylic acids is 1. The Morgan fingerprint density at radius 2 is 2.15 bits per heavy atom. The molecule has 0 saturated heterocycles. The van der Waals surface area contributed by atoms with E-state index in [4.69, 9.17) is 9.47 Å². The number of hydrogen-bond donors (Lipinski definition) is 3. The number of alkyl carbamates (subject to hydrolysis) is 1. The zero-order valence-electron chi connectivity index (χ0n) is 15.4. The zero-order valence-corrected chi connectivity index (χ0v) is 15.4. The molecule has 27 heavy (non-hydrogen) atoms. The van der Waals surface area contributed by atoms with Crippen molar-refractivity contribution in [1.29, 1.82) is 0 Å². The van der Waals surface area contributed by atoms with Crippen LogP contribution in [0.1, 0.15) is 50.6 Å². The number of nitrogens with one attached hydrogen (secondary N) is 3. The molecular weight excluding hydrogens is 346 g/mol. The summed E-state index contributed by atoms with van der Waals surface area (Å²) in [7, 11) is 0. The Labute approximate surface area is 158 Å². The van der Waals surface area contributed by atoms with Gasteiger partial charge < -0.3 is 20.1 Å². The van der Waals surface area contributed by atoms with Crippen LogP contribution in [0.5, 0.6) is 5.88 Å². The van der Waals surface area contributed by atoms with Crippen LogP contribution in [0.25, 0.3) is 0 Å². The van der Waals surface area contributed by atoms with Crippen LogP contribution in [0.15, 0.2) is 24.4 Å². The maximum Gasteiger partial charge on any atom is 0.407 e. The highest BCUT2D eigenvalue weighted by molar-refractivity contribution is 5.67. The third-order valence-corrected chi connectivity index (χ3v) is 5.10. The van der Waals surface area contributed by atoms with Crippen molar-refractivity contribution in [1.82, 2.24) is 20.5 Å². The summed E-state index contributed by atoms with van der Waals surface area (Å²) in [4.78, 5) is 16.4. The van der Waals surface area contributed by atoms with E-state index in [0.29, 0.717) is 18.4 Å². The normalized spacial score (nSPS) is 26.0. The van der Waals surface area contributed by atoms with Gasteiger partial charge in [0.05, 0.1) is 6.61 Å². The molecule has 1 aliphatic heterocycles. The van der Waals surface area contributed by atoms with Gasteiger partial charge in [0.2, 0.25) is 5.88 Å². The van der Waals surface area contributed by atoms with Crippen molar-refractivity contribution >= 4 is 17.6 Å². The molecule has 2 aromatic heterocycles. The minimum absolute atomic E-state index is 0.0355. The first-order valence-corrected chi connectivity index (χ1v) is 9.54. The van der Waals surface area contributed by atoms with E-state index in [9.17, 15) is 4.79 Å². The Balaban J connectivity index is 1.52. The number of fused-ring (bicyclic) bond motifs is 7. The number of hydrogen-bond acceptors (Lipinski definition) is 6. The summed E-state index contributed by atoms with van der Waals surface area (Å²) in [5.74, 6) is 1.63. The molecule has 1 aliphatic carbocycles. The van der Waals surface area contributed by atoms with Gasteiger partial charge in [0, 0.05) is 41.7 Å². The van der Waals surface area contributed by atoms with Gasteiger partial charge in [-0.1, -0.05) is 0 Å². The molecule has 144 valence electrons. The molecule has 3 N–H and O–H groups in total. The van der Waals surface area contributed by atoms with Crippen LogP contribution < -0.4 is 15.4 Å². The molecule has 0 radical (unpaired) electrons. The van der Waals surface area contributed by atoms with Gasteiger partial charge in [-0.25, -0.2) is 9.78 Å². The Morgan fingerprint density at radius 3 is 3.07 bits per heavy atom. The number of carbonyl (C=O) groups is 1. The fourth-order valence-electron chi connectivity index (χ4n) is 3.68. The standard InChI is InChI=1S/C19H25N5O3/c1-12-3-2-8-26-18-10-14(6-7-20-18)22-17-11-16(23-24-17)13-4-5-15(9-13)27-19(25)21-12/h6-7,10-13,15H,2-5,8-9H2,1H3,(H,21,25)(H2,22,23,24). The van der Waals surface area contributed by atoms with Crippen molar-refractivity contribution in [3.63, 3.8) is 0 Å². The summed E-state index contributed by atoms with van der Waals surface area (Å²) in [6, 6.07) is 5.80. The summed E-state index contributed by atoms with van der Waals surface area (Å²) in [5, 5.41) is 13.7. The molecule has 1 fully saturated rings. The lowest BCUT2D eigenvalue weighted by Gasteiger charge is -2.17. The first-order valence-electron chi connectivity index (χ1n) is 9.54. The molecular formula is C19H25N5O3. The van der Waals surface area contributed by atoms with E-state index in [1.165, 1.54) is 0 Å². The second kappa shape index (κ2) is 7.85. The molecule has 0 spiro atoms. The topological polar surface area (TPSA) is 101 Å². The summed E-state index contributed by atoms with van der Waals surface area (Å²) in [6.45, 7) is 2.51. The molecule has 1 amide bonds. The van der Waals surface area contributed by atoms with E-state index < -0.39 is 0 Å². The largest absolute Gasteiger partial charge is 0.478 e. The van der Waals surface area contributed by atoms with Gasteiger partial charge >= 0.3 is 6.09 Å². The molecule has 3 atom stereocenters. The summed E-state index contributed by atoms with van der Waals surface area (Å²) in [6.07, 6.45) is 5.62. The molecule has 3 unspecified atom stereocenters. The van der Waals surface area contributed by atoms with Gasteiger partial charge in [-0.3, -0.25) is 5.10 Å². The van der Waals surface area contributed by atoms with Gasteiger partial charge in [-0.05, 0) is 45.1 Å². The number of aromatic amines is 1. The molecule has 1 saturated carbocycles. The quantitative estimate of drug-likeness (QED) is 0.655. The van der Waals surface area contributed by atoms with E-state index in [-0.39, 0.29) is 18.2 Å². The molecule has 2 aromatic rings. The van der Waals surface area contributed by atoms with E-state index in [2.05, 4.69) is 25.8 Å². The monoisotopic (exact) mass is 371 g/mol. The second-order valence-corrected chi connectivity index (χ2v) is 7.29. The fourth-order valence-corrected chi connectivity index (χ4v) is 3.68. The SMILES string of the molecule is CC1CCCOc2cc(ccn2)Nc2cc([nH]n2)C2CCC(C2)OC(=O)N1. The smallest absolute Gasteiger partial charge is 0.407 e. The average Bonchev–Trinajstić information content (AvgIpc) is 3.28. The van der Waals surface area contributed by atoms with Crippen LogP contribution in [-0.4, -0.2) is 40.0 Å². The maximum atomic E-state index is 12.1. The van der Waals surface area contributed by atoms with E-state index in [1.807, 2.05) is 25.1 Å². The highest BCUT2D eigenvalue weighted by Crippen LogP contribution is 2.36. The third-order valence-electron chi connectivity index (χ3n) is 5.10. The van der Waals surface area contributed by atoms with Crippen molar-refractivity contribution in [3.05, 3.63) is 30.1 Å². The predicted molar refractivity (Wildman–Crippen MR) is 100 cm³/mol. The lowest BCUT2D eigenvalue weighted by atomic mass is 10.0. The summed E-state index contributed by atoms with van der Waals surface area (Å²) in [5.41, 5.74) is 1.94. The van der Waals surface area contributed by atoms with Crippen molar-refractivity contribution in [2.45, 2.75) is 57.1 Å². The number of H-pyrrole nitrogens is 1. The van der Waals surface area contributed by atoms with Gasteiger partial charge in [0.25, 0.3) is 0 Å². The Bertz CT molecular complexity index is 793. The third kappa shape index (κ3) is 4.50. The van der Waals surface area contributed by atoms with Crippen LogP contribution in [0.2, 0.25) is 0 Å². The van der Waals surface area contributed by atoms with Crippen LogP contribution in [-0.2, 0) is 4.74 Å². The van der Waals surface area contributed by atoms with Crippen LogP contribution in [0.3, 0.4) is 0 Å². The number of anilines is 2. The van der Waals surface area contributed by atoms with Gasteiger partial charge in [0.1, 0.15) is 6.10 Å². The average molecular weight is 371 g/mol. The van der Waals surface area contributed by atoms with E-state index in [0.717, 1.165) is 49.3 Å². The zero-order chi connectivity index (χ0) is 18.6. The highest BCUT2D eigenvalue weighted by atomic mass is 16.6. The lowest BCUT2D eigenvalue weighted by molar-refractivity contribution is 0.0969. The number of amides is 1. The minimum Gasteiger partial charge on any atom is -0.478 e. The second-order valence-electron chi connectivity index (χ2n) is 7.29. The fraction of sp³-hybridized carbons (Fsp3) is 0.526. The molecule has 8 heteroatoms. The number of nitrogens with zero attached hydrogens (tertiary/aromatic N) is 2. The summed E-state index contributed by atoms with van der Waals surface area (Å²) < 4.78 is 11.3. The molecule has 0 aromatic carbocycles. The molecule has 4 rings (SSSR count). The maximum absolute atomic E-state index is 12.1. The van der Waals surface area contributed by atoms with E-state index >= 15 is 0 Å². The van der Waals surface area contributed by atoms with Crippen molar-refractivity contribution < 1.29 is 14.3 Å². The Morgan fingerprint density at radius 1 is 1.22 bits per heavy atom. The van der Waals surface area contributed by atoms with Crippen molar-refractivity contribution in [3.8, 4) is 5.88 Å². The highest BCUT2D eigenvalue weighted by Gasteiger charge is 2.30. The minimum atomic E-state index is -0.337. The van der Waals surface area contributed by atoms with E-state index in [1.54, 1.807) is 6.20 Å². The Kier molecular flexibility index (Phi) is 5.13. The summed E-state index contributed by atoms with van der Waals surface area (Å²) >= 11 is 0. The molecule has 2 aliphatic rings. The number of rotatable bonds is 0. The first-order chi connectivity index (χ1) is 13.2. The number of aromatic nitrogens is 3. The number of ether oxygens (including phenoxy) is 2. The number of pyridine rings is 1. The van der Waals surface area contributed by atoms with Crippen molar-refractivity contribution in [2.24, 2.45) is 0 Å². The van der Waals surface area contributed by atoms with Gasteiger partial charge in [-0.2, -0.15) is 5.10 Å². The van der Waals surface area contributed by atoms with Crippen LogP contribution in [0.4, 0.5) is 16.3 Å². The first kappa shape index (κ1) is 17.6. The van der Waals surface area contributed by atoms with Gasteiger partial charge in [0.15, 0.2) is 5.82 Å². The molecule has 6 bridgehead atoms. The molecule has 8 nitrogen and oxygen atoms in total.